The molecule has 0 saturated heterocycles. The van der Waals surface area contributed by atoms with E-state index < -0.39 is 0 Å². The maximum Gasteiger partial charge on any atom is 0.222 e. The van der Waals surface area contributed by atoms with Crippen molar-refractivity contribution in [3.05, 3.63) is 0 Å². The molecule has 0 aromatic carbocycles. The minimum absolute atomic E-state index is 0.331. The molecule has 0 atom stereocenters. The summed E-state index contributed by atoms with van der Waals surface area (Å²) >= 11 is 0. The van der Waals surface area contributed by atoms with Crippen molar-refractivity contribution in [3.8, 4) is 0 Å². The lowest BCUT2D eigenvalue weighted by atomic mass is 10.2. The Morgan fingerprint density at radius 1 is 1.40 bits per heavy atom. The lowest BCUT2D eigenvalue weighted by Gasteiger charge is -2.22. The van der Waals surface area contributed by atoms with E-state index in [2.05, 4.69) is 6.92 Å². The van der Waals surface area contributed by atoms with Crippen molar-refractivity contribution >= 4 is 5.91 Å². The normalized spacial score (nSPS) is 15.3. The average Bonchev–Trinajstić information content (AvgIpc) is 3.01. The van der Waals surface area contributed by atoms with E-state index in [9.17, 15) is 4.79 Å². The molecule has 88 valence electrons. The number of nitrogens with zero attached hydrogens (tertiary/aromatic N) is 1. The number of hydrogen-bond donors (Lipinski definition) is 1. The molecule has 0 radical (unpaired) electrons. The molecule has 0 heterocycles. The predicted octanol–water partition coefficient (Wildman–Crippen LogP) is 1.76. The molecule has 0 aromatic heterocycles. The summed E-state index contributed by atoms with van der Waals surface area (Å²) in [6.45, 7) is 4.75. The third kappa shape index (κ3) is 5.17. The molecule has 1 aliphatic carbocycles. The minimum atomic E-state index is 0.331. The topological polar surface area (TPSA) is 46.3 Å². The van der Waals surface area contributed by atoms with Gasteiger partial charge in [-0.25, -0.2) is 0 Å². The zero-order valence-corrected chi connectivity index (χ0v) is 9.87. The van der Waals surface area contributed by atoms with Crippen LogP contribution in [0.15, 0.2) is 0 Å². The number of carbonyl (C=O) groups is 1. The van der Waals surface area contributed by atoms with Gasteiger partial charge in [0.05, 0.1) is 0 Å². The highest BCUT2D eigenvalue weighted by atomic mass is 16.2. The molecule has 15 heavy (non-hydrogen) atoms. The summed E-state index contributed by atoms with van der Waals surface area (Å²) in [6.07, 6.45) is 6.29. The van der Waals surface area contributed by atoms with Gasteiger partial charge in [0.15, 0.2) is 0 Å². The van der Waals surface area contributed by atoms with Gasteiger partial charge in [-0.15, -0.1) is 0 Å². The Morgan fingerprint density at radius 2 is 2.13 bits per heavy atom. The van der Waals surface area contributed by atoms with Crippen molar-refractivity contribution in [2.45, 2.75) is 45.4 Å². The number of amides is 1. The molecule has 0 unspecified atom stereocenters. The largest absolute Gasteiger partial charge is 0.342 e. The van der Waals surface area contributed by atoms with Crippen LogP contribution in [0, 0.1) is 5.92 Å². The van der Waals surface area contributed by atoms with Gasteiger partial charge in [-0.3, -0.25) is 4.79 Å². The van der Waals surface area contributed by atoms with Gasteiger partial charge in [0.1, 0.15) is 0 Å². The van der Waals surface area contributed by atoms with Crippen LogP contribution in [-0.4, -0.2) is 30.4 Å². The fraction of sp³-hybridized carbons (Fsp3) is 0.917. The Balaban J connectivity index is 2.22. The van der Waals surface area contributed by atoms with Crippen LogP contribution in [0.25, 0.3) is 0 Å². The Morgan fingerprint density at radius 3 is 2.67 bits per heavy atom. The quantitative estimate of drug-likeness (QED) is 0.623. The van der Waals surface area contributed by atoms with Crippen molar-refractivity contribution in [3.63, 3.8) is 0 Å². The molecule has 1 rings (SSSR count). The molecule has 0 aromatic rings. The number of nitrogens with two attached hydrogens (primary N) is 1. The van der Waals surface area contributed by atoms with Crippen LogP contribution in [0.5, 0.6) is 0 Å². The molecular formula is C12H24N2O. The Bertz CT molecular complexity index is 190. The van der Waals surface area contributed by atoms with E-state index in [1.54, 1.807) is 0 Å². The number of unbranched alkanes of at least 4 members (excludes halogenated alkanes) is 1. The van der Waals surface area contributed by atoms with E-state index in [-0.39, 0.29) is 0 Å². The first-order chi connectivity index (χ1) is 7.27. The Labute approximate surface area is 93.0 Å². The predicted molar refractivity (Wildman–Crippen MR) is 62.5 cm³/mol. The van der Waals surface area contributed by atoms with Crippen LogP contribution in [0.3, 0.4) is 0 Å². The summed E-state index contributed by atoms with van der Waals surface area (Å²) in [5.74, 6) is 1.13. The van der Waals surface area contributed by atoms with Crippen LogP contribution < -0.4 is 5.73 Å². The zero-order valence-electron chi connectivity index (χ0n) is 9.87. The molecule has 0 spiro atoms. The van der Waals surface area contributed by atoms with Gasteiger partial charge in [-0.05, 0) is 44.6 Å². The van der Waals surface area contributed by atoms with Gasteiger partial charge in [0, 0.05) is 19.5 Å². The first-order valence-electron chi connectivity index (χ1n) is 6.25. The fourth-order valence-electron chi connectivity index (χ4n) is 1.78. The first-order valence-corrected chi connectivity index (χ1v) is 6.25. The molecular weight excluding hydrogens is 188 g/mol. The maximum atomic E-state index is 11.9. The second-order valence-electron chi connectivity index (χ2n) is 4.53. The first kappa shape index (κ1) is 12.5. The average molecular weight is 212 g/mol. The van der Waals surface area contributed by atoms with Crippen molar-refractivity contribution in [1.29, 1.82) is 0 Å². The monoisotopic (exact) mass is 212 g/mol. The van der Waals surface area contributed by atoms with E-state index >= 15 is 0 Å². The second kappa shape index (κ2) is 6.83. The van der Waals surface area contributed by atoms with E-state index in [4.69, 9.17) is 5.73 Å². The van der Waals surface area contributed by atoms with Gasteiger partial charge < -0.3 is 10.6 Å². The fourth-order valence-corrected chi connectivity index (χ4v) is 1.78. The van der Waals surface area contributed by atoms with Crippen LogP contribution >= 0.6 is 0 Å². The van der Waals surface area contributed by atoms with E-state index in [0.29, 0.717) is 18.9 Å². The van der Waals surface area contributed by atoms with E-state index in [1.165, 1.54) is 12.8 Å². The van der Waals surface area contributed by atoms with Gasteiger partial charge in [0.2, 0.25) is 5.91 Å². The molecule has 1 fully saturated rings. The molecule has 0 aliphatic heterocycles. The lowest BCUT2D eigenvalue weighted by Crippen LogP contribution is -2.33. The summed E-state index contributed by atoms with van der Waals surface area (Å²) in [6, 6.07) is 0. The van der Waals surface area contributed by atoms with Crippen molar-refractivity contribution < 1.29 is 4.79 Å². The maximum absolute atomic E-state index is 11.9. The van der Waals surface area contributed by atoms with E-state index in [1.807, 2.05) is 4.90 Å². The minimum Gasteiger partial charge on any atom is -0.342 e. The number of carbonyl (C=O) groups excluding carboxylic acids is 1. The van der Waals surface area contributed by atoms with Crippen molar-refractivity contribution in [2.75, 3.05) is 19.6 Å². The van der Waals surface area contributed by atoms with Gasteiger partial charge in [-0.2, -0.15) is 0 Å². The van der Waals surface area contributed by atoms with Crippen LogP contribution in [0.1, 0.15) is 45.4 Å². The third-order valence-electron chi connectivity index (χ3n) is 2.87. The zero-order chi connectivity index (χ0) is 11.1. The van der Waals surface area contributed by atoms with Crippen LogP contribution in [0.4, 0.5) is 0 Å². The summed E-state index contributed by atoms with van der Waals surface area (Å²) in [5.41, 5.74) is 5.42. The Kier molecular flexibility index (Phi) is 5.69. The molecule has 2 N–H and O–H groups in total. The van der Waals surface area contributed by atoms with Crippen molar-refractivity contribution in [1.82, 2.24) is 4.90 Å². The number of rotatable bonds is 8. The highest BCUT2D eigenvalue weighted by Crippen LogP contribution is 2.29. The summed E-state index contributed by atoms with van der Waals surface area (Å²) in [4.78, 5) is 13.9. The smallest absolute Gasteiger partial charge is 0.222 e. The second-order valence-corrected chi connectivity index (χ2v) is 4.53. The highest BCUT2D eigenvalue weighted by Gasteiger charge is 2.25. The van der Waals surface area contributed by atoms with Crippen LogP contribution in [0.2, 0.25) is 0 Å². The molecule has 3 heteroatoms. The van der Waals surface area contributed by atoms with Crippen LogP contribution in [-0.2, 0) is 4.79 Å². The molecule has 1 amide bonds. The number of hydrogen-bond acceptors (Lipinski definition) is 2. The van der Waals surface area contributed by atoms with Crippen molar-refractivity contribution in [2.24, 2.45) is 11.7 Å². The highest BCUT2D eigenvalue weighted by molar-refractivity contribution is 5.76. The lowest BCUT2D eigenvalue weighted by molar-refractivity contribution is -0.131. The standard InChI is InChI=1S/C12H24N2O/c1-2-9-14(10-11-6-7-11)12(15)5-3-4-8-13/h11H,2-10,13H2,1H3. The SMILES string of the molecule is CCCN(CC1CC1)C(=O)CCCCN. The third-order valence-corrected chi connectivity index (χ3v) is 2.87. The van der Waals surface area contributed by atoms with Gasteiger partial charge >= 0.3 is 0 Å². The summed E-state index contributed by atoms with van der Waals surface area (Å²) in [7, 11) is 0. The van der Waals surface area contributed by atoms with Gasteiger partial charge in [-0.1, -0.05) is 6.92 Å². The summed E-state index contributed by atoms with van der Waals surface area (Å²) in [5, 5.41) is 0. The van der Waals surface area contributed by atoms with E-state index in [0.717, 1.165) is 38.3 Å². The van der Waals surface area contributed by atoms with Gasteiger partial charge in [0.25, 0.3) is 0 Å². The molecule has 0 bridgehead atoms. The molecule has 1 aliphatic rings. The molecule has 1 saturated carbocycles. The summed E-state index contributed by atoms with van der Waals surface area (Å²) < 4.78 is 0. The Hall–Kier alpha value is -0.570. The molecule has 3 nitrogen and oxygen atoms in total.